The molecule has 0 bridgehead atoms. The fourth-order valence-corrected chi connectivity index (χ4v) is 2.76. The molecule has 1 saturated heterocycles. The Bertz CT molecular complexity index is 444. The molecule has 0 atom stereocenters. The Hall–Kier alpha value is -1.17. The van der Waals surface area contributed by atoms with Crippen molar-refractivity contribution in [3.63, 3.8) is 0 Å². The van der Waals surface area contributed by atoms with Crippen molar-refractivity contribution in [3.8, 4) is 0 Å². The Kier molecular flexibility index (Phi) is 2.60. The summed E-state index contributed by atoms with van der Waals surface area (Å²) < 4.78 is 22.5. The summed E-state index contributed by atoms with van der Waals surface area (Å²) in [4.78, 5) is 10.3. The van der Waals surface area contributed by atoms with Crippen molar-refractivity contribution in [1.29, 1.82) is 0 Å². The highest BCUT2D eigenvalue weighted by Gasteiger charge is 2.22. The van der Waals surface area contributed by atoms with Crippen molar-refractivity contribution in [2.45, 2.75) is 6.92 Å². The zero-order valence-corrected chi connectivity index (χ0v) is 9.37. The molecule has 5 nitrogen and oxygen atoms in total. The maximum Gasteiger partial charge on any atom is 0.153 e. The minimum absolute atomic E-state index is 0.218. The molecular formula is C9H13N3O2S. The van der Waals surface area contributed by atoms with Crippen LogP contribution in [0.25, 0.3) is 0 Å². The average molecular weight is 227 g/mol. The number of anilines is 1. The third-order valence-electron chi connectivity index (χ3n) is 2.43. The molecule has 2 rings (SSSR count). The van der Waals surface area contributed by atoms with Crippen LogP contribution < -0.4 is 4.90 Å². The van der Waals surface area contributed by atoms with E-state index in [0.29, 0.717) is 18.9 Å². The summed E-state index contributed by atoms with van der Waals surface area (Å²) in [5, 5.41) is 0. The molecule has 6 heteroatoms. The van der Waals surface area contributed by atoms with Crippen molar-refractivity contribution in [2.24, 2.45) is 0 Å². The molecular weight excluding hydrogens is 214 g/mol. The summed E-state index contributed by atoms with van der Waals surface area (Å²) in [6.07, 6.45) is 1.70. The van der Waals surface area contributed by atoms with E-state index in [2.05, 4.69) is 9.97 Å². The van der Waals surface area contributed by atoms with Gasteiger partial charge in [-0.2, -0.15) is 0 Å². The van der Waals surface area contributed by atoms with Crippen molar-refractivity contribution in [3.05, 3.63) is 18.1 Å². The molecule has 0 unspecified atom stereocenters. The molecule has 0 N–H and O–H groups in total. The van der Waals surface area contributed by atoms with E-state index in [0.717, 1.165) is 5.82 Å². The van der Waals surface area contributed by atoms with Crippen LogP contribution in [0, 0.1) is 6.92 Å². The summed E-state index contributed by atoms with van der Waals surface area (Å²) in [6, 6.07) is 1.81. The predicted octanol–water partition coefficient (Wildman–Crippen LogP) is 0.0198. The van der Waals surface area contributed by atoms with Crippen LogP contribution in [0.4, 0.5) is 5.82 Å². The first-order chi connectivity index (χ1) is 7.07. The van der Waals surface area contributed by atoms with Gasteiger partial charge in [-0.3, -0.25) is 0 Å². The number of nitrogens with zero attached hydrogens (tertiary/aromatic N) is 3. The molecule has 1 aromatic rings. The molecule has 0 saturated carbocycles. The van der Waals surface area contributed by atoms with Gasteiger partial charge in [0.15, 0.2) is 9.84 Å². The predicted molar refractivity (Wildman–Crippen MR) is 57.6 cm³/mol. The Morgan fingerprint density at radius 2 is 2.00 bits per heavy atom. The van der Waals surface area contributed by atoms with E-state index in [1.165, 1.54) is 0 Å². The minimum Gasteiger partial charge on any atom is -0.354 e. The summed E-state index contributed by atoms with van der Waals surface area (Å²) in [5.74, 6) is 1.96. The van der Waals surface area contributed by atoms with Crippen molar-refractivity contribution < 1.29 is 8.42 Å². The average Bonchev–Trinajstić information content (AvgIpc) is 2.17. The monoisotopic (exact) mass is 227 g/mol. The Labute approximate surface area is 89.1 Å². The molecule has 0 aliphatic carbocycles. The number of hydrogen-bond acceptors (Lipinski definition) is 5. The summed E-state index contributed by atoms with van der Waals surface area (Å²) >= 11 is 0. The van der Waals surface area contributed by atoms with Gasteiger partial charge >= 0.3 is 0 Å². The molecule has 0 radical (unpaired) electrons. The van der Waals surface area contributed by atoms with E-state index in [1.54, 1.807) is 6.20 Å². The lowest BCUT2D eigenvalue weighted by Crippen LogP contribution is -2.40. The molecule has 2 heterocycles. The maximum atomic E-state index is 11.2. The highest BCUT2D eigenvalue weighted by atomic mass is 32.2. The summed E-state index contributed by atoms with van der Waals surface area (Å²) in [7, 11) is -2.82. The second-order valence-electron chi connectivity index (χ2n) is 3.60. The van der Waals surface area contributed by atoms with Gasteiger partial charge in [-0.05, 0) is 13.0 Å². The molecule has 0 amide bonds. The standard InChI is InChI=1S/C9H13N3O2S/c1-8-10-3-2-9(11-8)12-4-6-15(13,14)7-5-12/h2-3H,4-7H2,1H3. The van der Waals surface area contributed by atoms with Crippen molar-refractivity contribution in [1.82, 2.24) is 9.97 Å². The van der Waals surface area contributed by atoms with Crippen LogP contribution in [0.3, 0.4) is 0 Å². The Morgan fingerprint density at radius 1 is 1.33 bits per heavy atom. The van der Waals surface area contributed by atoms with Gasteiger partial charge in [0.2, 0.25) is 0 Å². The number of aromatic nitrogens is 2. The van der Waals surface area contributed by atoms with Gasteiger partial charge in [-0.25, -0.2) is 18.4 Å². The fourth-order valence-electron chi connectivity index (χ4n) is 1.56. The quantitative estimate of drug-likeness (QED) is 0.677. The molecule has 1 aliphatic heterocycles. The normalized spacial score (nSPS) is 20.2. The number of aryl methyl sites for hydroxylation is 1. The second kappa shape index (κ2) is 3.77. The number of sulfone groups is 1. The van der Waals surface area contributed by atoms with Crippen LogP contribution in [-0.4, -0.2) is 43.0 Å². The lowest BCUT2D eigenvalue weighted by Gasteiger charge is -2.27. The van der Waals surface area contributed by atoms with E-state index in [4.69, 9.17) is 0 Å². The molecule has 1 aromatic heterocycles. The van der Waals surface area contributed by atoms with Crippen molar-refractivity contribution in [2.75, 3.05) is 29.5 Å². The van der Waals surface area contributed by atoms with Crippen LogP contribution in [0.5, 0.6) is 0 Å². The van der Waals surface area contributed by atoms with E-state index in [9.17, 15) is 8.42 Å². The van der Waals surface area contributed by atoms with E-state index >= 15 is 0 Å². The van der Waals surface area contributed by atoms with Gasteiger partial charge in [0, 0.05) is 19.3 Å². The fraction of sp³-hybridized carbons (Fsp3) is 0.556. The Balaban J connectivity index is 2.14. The zero-order valence-electron chi connectivity index (χ0n) is 8.55. The third kappa shape index (κ3) is 2.44. The first kappa shape index (κ1) is 10.4. The second-order valence-corrected chi connectivity index (χ2v) is 5.90. The largest absolute Gasteiger partial charge is 0.354 e. The van der Waals surface area contributed by atoms with Gasteiger partial charge in [0.05, 0.1) is 11.5 Å². The van der Waals surface area contributed by atoms with Crippen LogP contribution in [0.2, 0.25) is 0 Å². The van der Waals surface area contributed by atoms with Crippen LogP contribution in [0.1, 0.15) is 5.82 Å². The lowest BCUT2D eigenvalue weighted by molar-refractivity contribution is 0.586. The number of rotatable bonds is 1. The van der Waals surface area contributed by atoms with E-state index in [-0.39, 0.29) is 11.5 Å². The van der Waals surface area contributed by atoms with Gasteiger partial charge < -0.3 is 4.90 Å². The van der Waals surface area contributed by atoms with Crippen molar-refractivity contribution >= 4 is 15.7 Å². The molecule has 15 heavy (non-hydrogen) atoms. The topological polar surface area (TPSA) is 63.2 Å². The molecule has 0 spiro atoms. The van der Waals surface area contributed by atoms with Gasteiger partial charge in [0.25, 0.3) is 0 Å². The molecule has 82 valence electrons. The maximum absolute atomic E-state index is 11.2. The molecule has 1 fully saturated rings. The first-order valence-electron chi connectivity index (χ1n) is 4.82. The van der Waals surface area contributed by atoms with Gasteiger partial charge in [-0.15, -0.1) is 0 Å². The summed E-state index contributed by atoms with van der Waals surface area (Å²) in [5.41, 5.74) is 0. The molecule has 0 aromatic carbocycles. The molecule has 1 aliphatic rings. The minimum atomic E-state index is -2.82. The van der Waals surface area contributed by atoms with Gasteiger partial charge in [-0.1, -0.05) is 0 Å². The van der Waals surface area contributed by atoms with Crippen LogP contribution in [0.15, 0.2) is 12.3 Å². The highest BCUT2D eigenvalue weighted by molar-refractivity contribution is 7.91. The number of hydrogen-bond donors (Lipinski definition) is 0. The van der Waals surface area contributed by atoms with E-state index < -0.39 is 9.84 Å². The smallest absolute Gasteiger partial charge is 0.153 e. The lowest BCUT2D eigenvalue weighted by atomic mass is 10.4. The van der Waals surface area contributed by atoms with Crippen LogP contribution >= 0.6 is 0 Å². The SMILES string of the molecule is Cc1nccc(N2CCS(=O)(=O)CC2)n1. The van der Waals surface area contributed by atoms with E-state index in [1.807, 2.05) is 17.9 Å². The summed E-state index contributed by atoms with van der Waals surface area (Å²) in [6.45, 7) is 2.88. The zero-order chi connectivity index (χ0) is 10.9. The highest BCUT2D eigenvalue weighted by Crippen LogP contribution is 2.13. The first-order valence-corrected chi connectivity index (χ1v) is 6.64. The third-order valence-corrected chi connectivity index (χ3v) is 4.04. The van der Waals surface area contributed by atoms with Gasteiger partial charge in [0.1, 0.15) is 11.6 Å². The van der Waals surface area contributed by atoms with Crippen LogP contribution in [-0.2, 0) is 9.84 Å². The Morgan fingerprint density at radius 3 is 2.60 bits per heavy atom.